The molecule has 1 aromatic heterocycles. The topological polar surface area (TPSA) is 115 Å². The van der Waals surface area contributed by atoms with Crippen molar-refractivity contribution in [2.75, 3.05) is 16.2 Å². The molecule has 0 unspecified atom stereocenters. The van der Waals surface area contributed by atoms with E-state index >= 15 is 0 Å². The molecule has 33 heavy (non-hydrogen) atoms. The summed E-state index contributed by atoms with van der Waals surface area (Å²) in [6.07, 6.45) is 2.04. The molecule has 1 fully saturated rings. The number of aromatic nitrogens is 2. The molecule has 1 aliphatic carbocycles. The molecular formula is C22H21ClN4O5S. The number of rotatable bonds is 6. The quantitative estimate of drug-likeness (QED) is 0.558. The highest BCUT2D eigenvalue weighted by Crippen LogP contribution is 2.41. The van der Waals surface area contributed by atoms with E-state index < -0.39 is 10.0 Å². The van der Waals surface area contributed by atoms with Crippen LogP contribution < -0.4 is 14.4 Å². The van der Waals surface area contributed by atoms with Crippen molar-refractivity contribution in [3.63, 3.8) is 0 Å². The fourth-order valence-corrected chi connectivity index (χ4v) is 5.27. The van der Waals surface area contributed by atoms with Crippen LogP contribution in [0.3, 0.4) is 0 Å². The van der Waals surface area contributed by atoms with Crippen molar-refractivity contribution in [1.29, 1.82) is 0 Å². The van der Waals surface area contributed by atoms with Crippen LogP contribution in [-0.2, 0) is 21.4 Å². The summed E-state index contributed by atoms with van der Waals surface area (Å²) in [4.78, 5) is 18.2. The maximum atomic E-state index is 13.1. The van der Waals surface area contributed by atoms with Crippen molar-refractivity contribution < 1.29 is 22.5 Å². The van der Waals surface area contributed by atoms with Crippen LogP contribution in [-0.4, -0.2) is 31.1 Å². The minimum atomic E-state index is -4.01. The van der Waals surface area contributed by atoms with Gasteiger partial charge in [0, 0.05) is 12.0 Å². The summed E-state index contributed by atoms with van der Waals surface area (Å²) in [7, 11) is -4.01. The number of nitrogens with zero attached hydrogens (tertiary/aromatic N) is 3. The van der Waals surface area contributed by atoms with E-state index in [0.29, 0.717) is 29.0 Å². The average Bonchev–Trinajstić information content (AvgIpc) is 3.51. The normalized spacial score (nSPS) is 15.8. The van der Waals surface area contributed by atoms with Gasteiger partial charge < -0.3 is 9.26 Å². The van der Waals surface area contributed by atoms with Crippen LogP contribution in [0.15, 0.2) is 39.8 Å². The molecule has 0 saturated heterocycles. The van der Waals surface area contributed by atoms with Crippen LogP contribution in [0, 0.1) is 13.8 Å². The van der Waals surface area contributed by atoms with Gasteiger partial charge >= 0.3 is 0 Å². The molecule has 2 aromatic carbocycles. The first-order chi connectivity index (χ1) is 15.7. The highest BCUT2D eigenvalue weighted by molar-refractivity contribution is 7.92. The molecule has 9 nitrogen and oxygen atoms in total. The highest BCUT2D eigenvalue weighted by atomic mass is 35.5. The van der Waals surface area contributed by atoms with Gasteiger partial charge in [0.05, 0.1) is 22.9 Å². The first kappa shape index (κ1) is 21.7. The van der Waals surface area contributed by atoms with Gasteiger partial charge in [-0.15, -0.1) is 0 Å². The molecule has 172 valence electrons. The summed E-state index contributed by atoms with van der Waals surface area (Å²) in [5.74, 6) is 1.14. The Morgan fingerprint density at radius 2 is 2.03 bits per heavy atom. The predicted octanol–water partition coefficient (Wildman–Crippen LogP) is 3.94. The summed E-state index contributed by atoms with van der Waals surface area (Å²) < 4.78 is 39.6. The number of carbonyl (C=O) groups excluding carboxylic acids is 1. The molecule has 0 radical (unpaired) electrons. The van der Waals surface area contributed by atoms with E-state index in [0.717, 1.165) is 24.0 Å². The molecule has 1 N–H and O–H groups in total. The third-order valence-corrected chi connectivity index (χ3v) is 7.64. The van der Waals surface area contributed by atoms with Crippen molar-refractivity contribution in [3.8, 4) is 5.75 Å². The molecule has 5 rings (SSSR count). The number of ether oxygens (including phenoxy) is 1. The third kappa shape index (κ3) is 4.16. The van der Waals surface area contributed by atoms with E-state index in [1.807, 2.05) is 19.9 Å². The zero-order valence-electron chi connectivity index (χ0n) is 18.0. The van der Waals surface area contributed by atoms with Crippen LogP contribution >= 0.6 is 11.6 Å². The second-order valence-electron chi connectivity index (χ2n) is 8.20. The Bertz CT molecular complexity index is 1370. The molecular weight excluding hydrogens is 468 g/mol. The zero-order valence-corrected chi connectivity index (χ0v) is 19.5. The van der Waals surface area contributed by atoms with Crippen molar-refractivity contribution in [2.45, 2.75) is 44.0 Å². The predicted molar refractivity (Wildman–Crippen MR) is 121 cm³/mol. The largest absolute Gasteiger partial charge is 0.482 e. The molecule has 3 aromatic rings. The molecule has 0 atom stereocenters. The van der Waals surface area contributed by atoms with Crippen LogP contribution in [0.4, 0.5) is 11.4 Å². The van der Waals surface area contributed by atoms with Crippen LogP contribution in [0.2, 0.25) is 5.02 Å². The minimum absolute atomic E-state index is 0.0402. The number of nitrogens with one attached hydrogen (secondary N) is 1. The monoisotopic (exact) mass is 488 g/mol. The third-order valence-electron chi connectivity index (χ3n) is 5.80. The Labute approximate surface area is 195 Å². The number of halogens is 1. The van der Waals surface area contributed by atoms with Crippen molar-refractivity contribution in [1.82, 2.24) is 10.1 Å². The molecule has 2 aliphatic rings. The number of benzene rings is 2. The summed E-state index contributed by atoms with van der Waals surface area (Å²) >= 11 is 6.39. The lowest BCUT2D eigenvalue weighted by Gasteiger charge is -2.29. The standard InChI is InChI=1S/C22H21ClN4O5S/c1-12-4-3-5-16(13(12)2)26-33(29,30)19-9-18-17(8-15(19)23)27(21(28)11-31-18)10-20-24-22(32-25-20)14-6-7-14/h3-5,8-9,14,26H,6-7,10-11H2,1-2H3. The van der Waals surface area contributed by atoms with E-state index in [1.165, 1.54) is 17.0 Å². The highest BCUT2D eigenvalue weighted by Gasteiger charge is 2.33. The Morgan fingerprint density at radius 1 is 1.24 bits per heavy atom. The SMILES string of the molecule is Cc1cccc(NS(=O)(=O)c2cc3c(cc2Cl)N(Cc2noc(C4CC4)n2)C(=O)CO3)c1C. The van der Waals surface area contributed by atoms with Crippen LogP contribution in [0.5, 0.6) is 5.75 Å². The smallest absolute Gasteiger partial charge is 0.265 e. The van der Waals surface area contributed by atoms with E-state index in [-0.39, 0.29) is 34.7 Å². The van der Waals surface area contributed by atoms with Gasteiger partial charge in [0.2, 0.25) is 5.89 Å². The lowest BCUT2D eigenvalue weighted by molar-refractivity contribution is -0.121. The van der Waals surface area contributed by atoms with E-state index in [2.05, 4.69) is 14.9 Å². The molecule has 0 spiro atoms. The lowest BCUT2D eigenvalue weighted by Crippen LogP contribution is -2.38. The van der Waals surface area contributed by atoms with Gasteiger partial charge in [-0.1, -0.05) is 28.9 Å². The second-order valence-corrected chi connectivity index (χ2v) is 10.3. The number of fused-ring (bicyclic) bond motifs is 1. The first-order valence-electron chi connectivity index (χ1n) is 10.4. The maximum absolute atomic E-state index is 13.1. The first-order valence-corrected chi connectivity index (χ1v) is 12.3. The number of carbonyl (C=O) groups is 1. The van der Waals surface area contributed by atoms with Gasteiger partial charge in [0.15, 0.2) is 12.4 Å². The number of hydrogen-bond acceptors (Lipinski definition) is 7. The van der Waals surface area contributed by atoms with Crippen molar-refractivity contribution in [3.05, 3.63) is 58.2 Å². The number of aryl methyl sites for hydroxylation is 1. The molecule has 11 heteroatoms. The molecule has 1 amide bonds. The summed E-state index contributed by atoms with van der Waals surface area (Å²) in [5, 5.41) is 3.92. The second kappa shape index (κ2) is 8.03. The van der Waals surface area contributed by atoms with E-state index in [4.69, 9.17) is 20.9 Å². The Morgan fingerprint density at radius 3 is 2.79 bits per heavy atom. The number of sulfonamides is 1. The number of amides is 1. The maximum Gasteiger partial charge on any atom is 0.265 e. The van der Waals surface area contributed by atoms with Gasteiger partial charge in [-0.3, -0.25) is 14.4 Å². The van der Waals surface area contributed by atoms with Gasteiger partial charge in [0.1, 0.15) is 10.6 Å². The summed E-state index contributed by atoms with van der Waals surface area (Å²) in [6, 6.07) is 8.09. The van der Waals surface area contributed by atoms with E-state index in [9.17, 15) is 13.2 Å². The van der Waals surface area contributed by atoms with Gasteiger partial charge in [-0.25, -0.2) is 8.42 Å². The Balaban J connectivity index is 1.46. The number of anilines is 2. The molecule has 1 saturated carbocycles. The molecule has 2 heterocycles. The van der Waals surface area contributed by atoms with E-state index in [1.54, 1.807) is 12.1 Å². The zero-order chi connectivity index (χ0) is 23.3. The van der Waals surface area contributed by atoms with Crippen molar-refractivity contribution >= 4 is 38.9 Å². The van der Waals surface area contributed by atoms with Crippen LogP contribution in [0.25, 0.3) is 0 Å². The lowest BCUT2D eigenvalue weighted by atomic mass is 10.1. The Hall–Kier alpha value is -3.11. The average molecular weight is 489 g/mol. The summed E-state index contributed by atoms with van der Waals surface area (Å²) in [5.41, 5.74) is 2.58. The Kier molecular flexibility index (Phi) is 5.29. The van der Waals surface area contributed by atoms with Crippen LogP contribution in [0.1, 0.15) is 41.6 Å². The number of hydrogen-bond donors (Lipinski definition) is 1. The van der Waals surface area contributed by atoms with Crippen molar-refractivity contribution in [2.24, 2.45) is 0 Å². The fourth-order valence-electron chi connectivity index (χ4n) is 3.61. The molecule has 1 aliphatic heterocycles. The van der Waals surface area contributed by atoms with Gasteiger partial charge in [-0.2, -0.15) is 4.98 Å². The van der Waals surface area contributed by atoms with Gasteiger partial charge in [0.25, 0.3) is 15.9 Å². The summed E-state index contributed by atoms with van der Waals surface area (Å²) in [6.45, 7) is 3.55. The van der Waals surface area contributed by atoms with Gasteiger partial charge in [-0.05, 0) is 49.9 Å². The fraction of sp³-hybridized carbons (Fsp3) is 0.318. The molecule has 0 bridgehead atoms. The minimum Gasteiger partial charge on any atom is -0.482 e.